The lowest BCUT2D eigenvalue weighted by atomic mass is 9.94. The van der Waals surface area contributed by atoms with Crippen molar-refractivity contribution < 1.29 is 29.7 Å². The summed E-state index contributed by atoms with van der Waals surface area (Å²) in [7, 11) is 0. The molecule has 4 N–H and O–H groups in total. The van der Waals surface area contributed by atoms with Crippen molar-refractivity contribution >= 4 is 23.4 Å². The number of allylic oxidation sites excluding steroid dienone is 3. The molecule has 7 heteroatoms. The summed E-state index contributed by atoms with van der Waals surface area (Å²) in [5.41, 5.74) is 2.54. The molecule has 140 valence electrons. The minimum atomic E-state index is -1.65. The topological polar surface area (TPSA) is 124 Å². The Morgan fingerprint density at radius 2 is 1.81 bits per heavy atom. The van der Waals surface area contributed by atoms with Crippen LogP contribution in [0.5, 0.6) is 0 Å². The maximum Gasteiger partial charge on any atom is 0.394 e. The molecule has 1 rings (SSSR count). The molecule has 0 heterocycles. The van der Waals surface area contributed by atoms with Gasteiger partial charge in [0.15, 0.2) is 0 Å². The van der Waals surface area contributed by atoms with Gasteiger partial charge in [-0.25, -0.2) is 4.79 Å². The van der Waals surface area contributed by atoms with E-state index in [1.54, 1.807) is 12.1 Å². The van der Waals surface area contributed by atoms with Crippen LogP contribution in [0.3, 0.4) is 0 Å². The Hall–Kier alpha value is -2.93. The molecule has 0 aliphatic heterocycles. The van der Waals surface area contributed by atoms with Gasteiger partial charge in [-0.2, -0.15) is 0 Å². The number of nitrogens with one attached hydrogen (secondary N) is 1. The van der Waals surface area contributed by atoms with Crippen LogP contribution in [-0.4, -0.2) is 45.8 Å². The minimum Gasteiger partial charge on any atom is -0.481 e. The average molecular weight is 361 g/mol. The summed E-state index contributed by atoms with van der Waals surface area (Å²) in [6.45, 7) is 5.22. The van der Waals surface area contributed by atoms with Gasteiger partial charge >= 0.3 is 17.8 Å². The molecular formula is C19H23NO6. The third-order valence-electron chi connectivity index (χ3n) is 3.84. The number of benzene rings is 1. The van der Waals surface area contributed by atoms with Crippen LogP contribution >= 0.6 is 0 Å². The van der Waals surface area contributed by atoms with Crippen LogP contribution in [0.15, 0.2) is 43.0 Å². The van der Waals surface area contributed by atoms with Crippen molar-refractivity contribution in [2.75, 3.05) is 6.61 Å². The van der Waals surface area contributed by atoms with Gasteiger partial charge in [-0.1, -0.05) is 43.0 Å². The normalized spacial score (nSPS) is 13.2. The monoisotopic (exact) mass is 361 g/mol. The van der Waals surface area contributed by atoms with Crippen LogP contribution in [0.4, 0.5) is 0 Å². The van der Waals surface area contributed by atoms with Gasteiger partial charge in [-0.15, -0.1) is 0 Å². The molecule has 26 heavy (non-hydrogen) atoms. The van der Waals surface area contributed by atoms with E-state index in [4.69, 9.17) is 10.2 Å². The SMILES string of the molecule is C=C(C=CC)c1ccc(CC(CC(CO)C(=O)O)NC(=O)C(=O)O)cc1. The maximum absolute atomic E-state index is 11.5. The molecule has 0 aliphatic rings. The van der Waals surface area contributed by atoms with E-state index < -0.39 is 36.4 Å². The molecule has 2 unspecified atom stereocenters. The quantitative estimate of drug-likeness (QED) is 0.390. The highest BCUT2D eigenvalue weighted by Gasteiger charge is 2.25. The molecule has 0 aliphatic carbocycles. The molecule has 1 aromatic carbocycles. The molecule has 1 aromatic rings. The summed E-state index contributed by atoms with van der Waals surface area (Å²) in [6, 6.07) is 6.55. The summed E-state index contributed by atoms with van der Waals surface area (Å²) >= 11 is 0. The van der Waals surface area contributed by atoms with E-state index in [1.165, 1.54) is 0 Å². The maximum atomic E-state index is 11.5. The van der Waals surface area contributed by atoms with Gasteiger partial charge in [0.25, 0.3) is 0 Å². The number of aliphatic hydroxyl groups excluding tert-OH is 1. The van der Waals surface area contributed by atoms with Crippen LogP contribution in [0.2, 0.25) is 0 Å². The first kappa shape index (κ1) is 21.1. The Balaban J connectivity index is 2.93. The van der Waals surface area contributed by atoms with E-state index in [9.17, 15) is 19.5 Å². The minimum absolute atomic E-state index is 0.0854. The largest absolute Gasteiger partial charge is 0.481 e. The van der Waals surface area contributed by atoms with Gasteiger partial charge in [0.2, 0.25) is 0 Å². The zero-order valence-corrected chi connectivity index (χ0v) is 14.5. The van der Waals surface area contributed by atoms with E-state index in [0.717, 1.165) is 16.7 Å². The number of hydrogen-bond donors (Lipinski definition) is 4. The first-order valence-corrected chi connectivity index (χ1v) is 8.06. The van der Waals surface area contributed by atoms with E-state index in [-0.39, 0.29) is 12.8 Å². The van der Waals surface area contributed by atoms with E-state index in [0.29, 0.717) is 0 Å². The fraction of sp³-hybridized carbons (Fsp3) is 0.316. The highest BCUT2D eigenvalue weighted by atomic mass is 16.4. The number of amides is 1. The first-order valence-electron chi connectivity index (χ1n) is 8.06. The number of carboxylic acid groups (broad SMARTS) is 2. The Morgan fingerprint density at radius 3 is 2.27 bits per heavy atom. The lowest BCUT2D eigenvalue weighted by molar-refractivity contribution is -0.150. The van der Waals surface area contributed by atoms with Crippen molar-refractivity contribution in [3.63, 3.8) is 0 Å². The Labute approximate surface area is 151 Å². The van der Waals surface area contributed by atoms with Crippen LogP contribution in [0.1, 0.15) is 24.5 Å². The van der Waals surface area contributed by atoms with Crippen molar-refractivity contribution in [1.29, 1.82) is 0 Å². The smallest absolute Gasteiger partial charge is 0.394 e. The van der Waals surface area contributed by atoms with Crippen LogP contribution in [-0.2, 0) is 20.8 Å². The van der Waals surface area contributed by atoms with Crippen LogP contribution in [0.25, 0.3) is 5.57 Å². The number of aliphatic carboxylic acids is 2. The molecule has 0 spiro atoms. The Kier molecular flexibility index (Phi) is 8.24. The summed E-state index contributed by atoms with van der Waals surface area (Å²) < 4.78 is 0. The number of hydrogen-bond acceptors (Lipinski definition) is 4. The molecule has 0 radical (unpaired) electrons. The second kappa shape index (κ2) is 10.1. The molecule has 0 aromatic heterocycles. The van der Waals surface area contributed by atoms with Crippen LogP contribution < -0.4 is 5.32 Å². The van der Waals surface area contributed by atoms with Crippen molar-refractivity contribution in [3.8, 4) is 0 Å². The summed E-state index contributed by atoms with van der Waals surface area (Å²) in [6.07, 6.45) is 3.88. The van der Waals surface area contributed by atoms with Gasteiger partial charge < -0.3 is 20.6 Å². The van der Waals surface area contributed by atoms with Gasteiger partial charge in [-0.3, -0.25) is 9.59 Å². The summed E-state index contributed by atoms with van der Waals surface area (Å²) in [5, 5.41) is 29.3. The Bertz CT molecular complexity index is 692. The van der Waals surface area contributed by atoms with Crippen molar-refractivity contribution in [1.82, 2.24) is 5.32 Å². The fourth-order valence-electron chi connectivity index (χ4n) is 2.47. The first-order chi connectivity index (χ1) is 12.3. The molecule has 2 atom stereocenters. The van der Waals surface area contributed by atoms with Crippen LogP contribution in [0, 0.1) is 5.92 Å². The standard InChI is InChI=1S/C19H23NO6/c1-3-4-12(2)14-7-5-13(6-8-14)9-16(20-17(22)19(25)26)10-15(11-21)18(23)24/h3-8,15-16,21H,2,9-11H2,1H3,(H,20,22)(H,23,24)(H,25,26). The lowest BCUT2D eigenvalue weighted by Gasteiger charge is -2.21. The predicted octanol–water partition coefficient (Wildman–Crippen LogP) is 1.47. The number of rotatable bonds is 9. The average Bonchev–Trinajstić information content (AvgIpc) is 2.59. The zero-order valence-electron chi connectivity index (χ0n) is 14.5. The highest BCUT2D eigenvalue weighted by molar-refractivity contribution is 6.31. The van der Waals surface area contributed by atoms with Crippen molar-refractivity contribution in [3.05, 3.63) is 54.1 Å². The Morgan fingerprint density at radius 1 is 1.19 bits per heavy atom. The highest BCUT2D eigenvalue weighted by Crippen LogP contribution is 2.17. The van der Waals surface area contributed by atoms with Crippen molar-refractivity contribution in [2.45, 2.75) is 25.8 Å². The molecular weight excluding hydrogens is 338 g/mol. The molecule has 0 saturated carbocycles. The number of carbonyl (C=O) groups excluding carboxylic acids is 1. The molecule has 0 fully saturated rings. The van der Waals surface area contributed by atoms with E-state index >= 15 is 0 Å². The number of aliphatic hydroxyl groups is 1. The van der Waals surface area contributed by atoms with Gasteiger partial charge in [0.05, 0.1) is 12.5 Å². The molecule has 1 amide bonds. The summed E-state index contributed by atoms with van der Waals surface area (Å²) in [5.74, 6) is -5.16. The third kappa shape index (κ3) is 6.52. The number of carboxylic acids is 2. The summed E-state index contributed by atoms with van der Waals surface area (Å²) in [4.78, 5) is 33.3. The van der Waals surface area contributed by atoms with Gasteiger partial charge in [-0.05, 0) is 36.5 Å². The van der Waals surface area contributed by atoms with Gasteiger partial charge in [0.1, 0.15) is 0 Å². The second-order valence-electron chi connectivity index (χ2n) is 5.86. The second-order valence-corrected chi connectivity index (χ2v) is 5.86. The predicted molar refractivity (Wildman–Crippen MR) is 96.4 cm³/mol. The lowest BCUT2D eigenvalue weighted by Crippen LogP contribution is -2.42. The number of carbonyl (C=O) groups is 3. The zero-order chi connectivity index (χ0) is 19.7. The fourth-order valence-corrected chi connectivity index (χ4v) is 2.47. The van der Waals surface area contributed by atoms with Gasteiger partial charge in [0, 0.05) is 6.04 Å². The van der Waals surface area contributed by atoms with Crippen molar-refractivity contribution in [2.24, 2.45) is 5.92 Å². The molecule has 0 bridgehead atoms. The molecule has 7 nitrogen and oxygen atoms in total. The molecule has 0 saturated heterocycles. The van der Waals surface area contributed by atoms with E-state index in [1.807, 2.05) is 31.2 Å². The third-order valence-corrected chi connectivity index (χ3v) is 3.84. The van der Waals surface area contributed by atoms with E-state index in [2.05, 4.69) is 11.9 Å².